The number of hydrogen-bond donors (Lipinski definition) is 1. The molecule has 23 heavy (non-hydrogen) atoms. The van der Waals surface area contributed by atoms with Crippen molar-refractivity contribution in [1.82, 2.24) is 14.9 Å². The quantitative estimate of drug-likeness (QED) is 0.857. The molecule has 2 aliphatic rings. The second kappa shape index (κ2) is 5.72. The number of carbonyl (C=O) groups is 1. The molecule has 7 heteroatoms. The number of carbonyl (C=O) groups excluding carboxylic acids is 1. The number of hydrogen-bond acceptors (Lipinski definition) is 6. The molecule has 0 aliphatic carbocycles. The van der Waals surface area contributed by atoms with Crippen molar-refractivity contribution in [3.05, 3.63) is 18.1 Å². The van der Waals surface area contributed by atoms with E-state index in [4.69, 9.17) is 4.74 Å². The Morgan fingerprint density at radius 1 is 1.22 bits per heavy atom. The second-order valence-electron chi connectivity index (χ2n) is 7.18. The first-order valence-corrected chi connectivity index (χ1v) is 7.97. The monoisotopic (exact) mass is 320 g/mol. The zero-order valence-electron chi connectivity index (χ0n) is 13.9. The van der Waals surface area contributed by atoms with Gasteiger partial charge >= 0.3 is 0 Å². The summed E-state index contributed by atoms with van der Waals surface area (Å²) in [6, 6.07) is 0. The van der Waals surface area contributed by atoms with Crippen LogP contribution in [0.2, 0.25) is 0 Å². The van der Waals surface area contributed by atoms with E-state index in [1.54, 1.807) is 11.1 Å². The van der Waals surface area contributed by atoms with E-state index in [0.29, 0.717) is 50.9 Å². The maximum absolute atomic E-state index is 12.5. The summed E-state index contributed by atoms with van der Waals surface area (Å²) < 4.78 is 5.27. The van der Waals surface area contributed by atoms with E-state index in [9.17, 15) is 9.90 Å². The standard InChI is InChI=1S/C16H24N4O3/c1-15(2)10-20(11-16(15,3)22)13-9-17-8-12(18-13)14(21)19-4-6-23-7-5-19/h8-9,22H,4-7,10-11H2,1-3H3. The minimum Gasteiger partial charge on any atom is -0.388 e. The van der Waals surface area contributed by atoms with Gasteiger partial charge in [-0.05, 0) is 6.92 Å². The Kier molecular flexibility index (Phi) is 4.01. The molecule has 0 aromatic carbocycles. The van der Waals surface area contributed by atoms with Crippen molar-refractivity contribution >= 4 is 11.7 Å². The van der Waals surface area contributed by atoms with Gasteiger partial charge in [-0.2, -0.15) is 0 Å². The SMILES string of the molecule is CC1(C)CN(c2cncc(C(=O)N3CCOCC3)n2)CC1(C)O. The molecular weight excluding hydrogens is 296 g/mol. The summed E-state index contributed by atoms with van der Waals surface area (Å²) in [6.07, 6.45) is 3.15. The van der Waals surface area contributed by atoms with Crippen LogP contribution < -0.4 is 4.90 Å². The van der Waals surface area contributed by atoms with Gasteiger partial charge in [-0.25, -0.2) is 4.98 Å². The fraction of sp³-hybridized carbons (Fsp3) is 0.688. The van der Waals surface area contributed by atoms with Gasteiger partial charge in [0.1, 0.15) is 11.5 Å². The van der Waals surface area contributed by atoms with Gasteiger partial charge in [0.2, 0.25) is 0 Å². The van der Waals surface area contributed by atoms with Crippen LogP contribution in [-0.4, -0.2) is 70.9 Å². The van der Waals surface area contributed by atoms with Crippen molar-refractivity contribution < 1.29 is 14.6 Å². The highest BCUT2D eigenvalue weighted by molar-refractivity contribution is 5.92. The highest BCUT2D eigenvalue weighted by atomic mass is 16.5. The van der Waals surface area contributed by atoms with Crippen LogP contribution in [0.3, 0.4) is 0 Å². The van der Waals surface area contributed by atoms with Crippen LogP contribution in [-0.2, 0) is 4.74 Å². The van der Waals surface area contributed by atoms with E-state index >= 15 is 0 Å². The molecule has 2 fully saturated rings. The minimum absolute atomic E-state index is 0.118. The van der Waals surface area contributed by atoms with Crippen molar-refractivity contribution in [3.63, 3.8) is 0 Å². The Labute approximate surface area is 136 Å². The molecule has 1 aromatic rings. The Balaban J connectivity index is 1.79. The third kappa shape index (κ3) is 3.03. The molecule has 1 unspecified atom stereocenters. The molecule has 1 atom stereocenters. The average molecular weight is 320 g/mol. The molecule has 7 nitrogen and oxygen atoms in total. The van der Waals surface area contributed by atoms with Crippen molar-refractivity contribution in [2.45, 2.75) is 26.4 Å². The zero-order chi connectivity index (χ0) is 16.7. The number of ether oxygens (including phenoxy) is 1. The Morgan fingerprint density at radius 2 is 1.91 bits per heavy atom. The molecule has 1 N–H and O–H groups in total. The zero-order valence-corrected chi connectivity index (χ0v) is 13.9. The fourth-order valence-corrected chi connectivity index (χ4v) is 2.99. The lowest BCUT2D eigenvalue weighted by atomic mass is 9.79. The number of rotatable bonds is 2. The van der Waals surface area contributed by atoms with E-state index in [0.717, 1.165) is 0 Å². The first-order chi connectivity index (χ1) is 10.8. The van der Waals surface area contributed by atoms with E-state index in [-0.39, 0.29) is 11.3 Å². The molecule has 1 amide bonds. The number of aromatic nitrogens is 2. The van der Waals surface area contributed by atoms with Gasteiger partial charge in [-0.1, -0.05) is 13.8 Å². The van der Waals surface area contributed by atoms with Crippen LogP contribution in [0.4, 0.5) is 5.82 Å². The third-order valence-electron chi connectivity index (χ3n) is 5.01. The second-order valence-corrected chi connectivity index (χ2v) is 7.18. The molecule has 2 saturated heterocycles. The van der Waals surface area contributed by atoms with Crippen LogP contribution in [0.5, 0.6) is 0 Å². The third-order valence-corrected chi connectivity index (χ3v) is 5.01. The summed E-state index contributed by atoms with van der Waals surface area (Å²) >= 11 is 0. The highest BCUT2D eigenvalue weighted by Crippen LogP contribution is 2.39. The highest BCUT2D eigenvalue weighted by Gasteiger charge is 2.48. The maximum atomic E-state index is 12.5. The molecule has 0 bridgehead atoms. The molecule has 0 radical (unpaired) electrons. The van der Waals surface area contributed by atoms with E-state index in [2.05, 4.69) is 9.97 Å². The van der Waals surface area contributed by atoms with Gasteiger partial charge in [0.25, 0.3) is 5.91 Å². The summed E-state index contributed by atoms with van der Waals surface area (Å²) in [4.78, 5) is 24.9. The van der Waals surface area contributed by atoms with Crippen LogP contribution in [0, 0.1) is 5.41 Å². The average Bonchev–Trinajstić information content (AvgIpc) is 2.76. The number of β-amino-alcohol motifs (C(OH)–C–C–N with tert-alkyl or cyclic N) is 1. The summed E-state index contributed by atoms with van der Waals surface area (Å²) in [5, 5.41) is 10.6. The summed E-state index contributed by atoms with van der Waals surface area (Å²) in [6.45, 7) is 9.32. The first kappa shape index (κ1) is 16.1. The number of amides is 1. The number of morpholine rings is 1. The molecular formula is C16H24N4O3. The van der Waals surface area contributed by atoms with Gasteiger partial charge in [-0.3, -0.25) is 9.78 Å². The lowest BCUT2D eigenvalue weighted by molar-refractivity contribution is -0.00891. The summed E-state index contributed by atoms with van der Waals surface area (Å²) in [5.74, 6) is 0.517. The molecule has 2 aliphatic heterocycles. The molecule has 1 aromatic heterocycles. The smallest absolute Gasteiger partial charge is 0.274 e. The predicted octanol–water partition coefficient (Wildman–Crippen LogP) is 0.546. The number of nitrogens with zero attached hydrogens (tertiary/aromatic N) is 4. The van der Waals surface area contributed by atoms with E-state index in [1.807, 2.05) is 25.7 Å². The van der Waals surface area contributed by atoms with Crippen LogP contribution in [0.25, 0.3) is 0 Å². The lowest BCUT2D eigenvalue weighted by Crippen LogP contribution is -2.41. The molecule has 3 heterocycles. The van der Waals surface area contributed by atoms with Crippen molar-refractivity contribution in [3.8, 4) is 0 Å². The normalized spacial score (nSPS) is 27.3. The van der Waals surface area contributed by atoms with Crippen molar-refractivity contribution in [2.75, 3.05) is 44.3 Å². The van der Waals surface area contributed by atoms with Gasteiger partial charge in [0.15, 0.2) is 0 Å². The Morgan fingerprint density at radius 3 is 2.52 bits per heavy atom. The lowest BCUT2D eigenvalue weighted by Gasteiger charge is -2.30. The van der Waals surface area contributed by atoms with Crippen LogP contribution >= 0.6 is 0 Å². The van der Waals surface area contributed by atoms with Gasteiger partial charge in [-0.15, -0.1) is 0 Å². The molecule has 0 saturated carbocycles. The Hall–Kier alpha value is -1.73. The molecule has 126 valence electrons. The summed E-state index contributed by atoms with van der Waals surface area (Å²) in [7, 11) is 0. The van der Waals surface area contributed by atoms with Gasteiger partial charge in [0.05, 0.1) is 31.2 Å². The topological polar surface area (TPSA) is 78.8 Å². The van der Waals surface area contributed by atoms with Crippen LogP contribution in [0.1, 0.15) is 31.3 Å². The van der Waals surface area contributed by atoms with Gasteiger partial charge in [0, 0.05) is 31.6 Å². The minimum atomic E-state index is -0.807. The predicted molar refractivity (Wildman–Crippen MR) is 85.4 cm³/mol. The van der Waals surface area contributed by atoms with E-state index in [1.165, 1.54) is 6.20 Å². The maximum Gasteiger partial charge on any atom is 0.274 e. The van der Waals surface area contributed by atoms with Crippen molar-refractivity contribution in [1.29, 1.82) is 0 Å². The molecule has 0 spiro atoms. The molecule has 3 rings (SSSR count). The van der Waals surface area contributed by atoms with Crippen LogP contribution in [0.15, 0.2) is 12.4 Å². The number of anilines is 1. The largest absolute Gasteiger partial charge is 0.388 e. The number of aliphatic hydroxyl groups is 1. The fourth-order valence-electron chi connectivity index (χ4n) is 2.99. The summed E-state index contributed by atoms with van der Waals surface area (Å²) in [5.41, 5.74) is -0.716. The van der Waals surface area contributed by atoms with Crippen molar-refractivity contribution in [2.24, 2.45) is 5.41 Å². The van der Waals surface area contributed by atoms with Gasteiger partial charge < -0.3 is 19.6 Å². The Bertz CT molecular complexity index is 581. The first-order valence-electron chi connectivity index (χ1n) is 7.97. The van der Waals surface area contributed by atoms with E-state index < -0.39 is 5.60 Å².